The normalized spacial score (nSPS) is 14.5. The van der Waals surface area contributed by atoms with Crippen LogP contribution in [0.3, 0.4) is 0 Å². The van der Waals surface area contributed by atoms with Crippen LogP contribution in [0.1, 0.15) is 5.82 Å². The Morgan fingerprint density at radius 2 is 1.93 bits per heavy atom. The molecule has 2 heterocycles. The van der Waals surface area contributed by atoms with Gasteiger partial charge in [0.25, 0.3) is 5.89 Å². The second-order valence-electron chi connectivity index (χ2n) is 6.95. The Balaban J connectivity index is 1.28. The van der Waals surface area contributed by atoms with Gasteiger partial charge in [-0.3, -0.25) is 4.90 Å². The van der Waals surface area contributed by atoms with Crippen molar-refractivity contribution < 1.29 is 18.4 Å². The molecule has 1 aliphatic rings. The average Bonchev–Trinajstić information content (AvgIpc) is 3.23. The number of nitrogens with one attached hydrogen (secondary N) is 1. The van der Waals surface area contributed by atoms with Crippen molar-refractivity contribution in [2.24, 2.45) is 0 Å². The van der Waals surface area contributed by atoms with E-state index in [1.807, 2.05) is 24.3 Å². The Bertz CT molecular complexity index is 1000. The van der Waals surface area contributed by atoms with Gasteiger partial charge in [-0.15, -0.1) is 0 Å². The summed E-state index contributed by atoms with van der Waals surface area (Å²) in [6, 6.07) is 13.0. The number of carbonyl (C=O) groups is 1. The highest BCUT2D eigenvalue weighted by Crippen LogP contribution is 2.21. The molecule has 0 unspecified atom stereocenters. The van der Waals surface area contributed by atoms with Gasteiger partial charge < -0.3 is 19.5 Å². The molecule has 0 bridgehead atoms. The predicted molar refractivity (Wildman–Crippen MR) is 109 cm³/mol. The minimum atomic E-state index is -0.383. The van der Waals surface area contributed by atoms with Crippen molar-refractivity contribution in [3.05, 3.63) is 60.2 Å². The van der Waals surface area contributed by atoms with Gasteiger partial charge in [0, 0.05) is 37.4 Å². The van der Waals surface area contributed by atoms with Crippen molar-refractivity contribution in [2.75, 3.05) is 38.6 Å². The van der Waals surface area contributed by atoms with E-state index < -0.39 is 0 Å². The van der Waals surface area contributed by atoms with E-state index in [9.17, 15) is 9.18 Å². The molecular formula is C21H22FN5O3. The van der Waals surface area contributed by atoms with Crippen LogP contribution in [-0.2, 0) is 6.54 Å². The van der Waals surface area contributed by atoms with Crippen LogP contribution in [0.2, 0.25) is 0 Å². The highest BCUT2D eigenvalue weighted by Gasteiger charge is 2.22. The molecule has 0 atom stereocenters. The Morgan fingerprint density at radius 3 is 2.63 bits per heavy atom. The maximum atomic E-state index is 13.3. The number of nitrogens with zero attached hydrogens (tertiary/aromatic N) is 4. The first-order valence-electron chi connectivity index (χ1n) is 9.61. The summed E-state index contributed by atoms with van der Waals surface area (Å²) in [7, 11) is 1.62. The zero-order valence-corrected chi connectivity index (χ0v) is 16.5. The summed E-state index contributed by atoms with van der Waals surface area (Å²) >= 11 is 0. The number of piperazine rings is 1. The third-order valence-corrected chi connectivity index (χ3v) is 4.91. The van der Waals surface area contributed by atoms with E-state index in [1.54, 1.807) is 24.1 Å². The second kappa shape index (κ2) is 8.91. The lowest BCUT2D eigenvalue weighted by Crippen LogP contribution is -2.49. The fourth-order valence-corrected chi connectivity index (χ4v) is 3.25. The minimum absolute atomic E-state index is 0.235. The topological polar surface area (TPSA) is 83.7 Å². The molecule has 1 saturated heterocycles. The van der Waals surface area contributed by atoms with Crippen molar-refractivity contribution in [3.8, 4) is 17.2 Å². The number of anilines is 1. The second-order valence-corrected chi connectivity index (χ2v) is 6.95. The van der Waals surface area contributed by atoms with E-state index in [-0.39, 0.29) is 11.8 Å². The molecule has 1 N–H and O–H groups in total. The summed E-state index contributed by atoms with van der Waals surface area (Å²) < 4.78 is 23.8. The maximum Gasteiger partial charge on any atom is 0.321 e. The van der Waals surface area contributed by atoms with E-state index in [0.29, 0.717) is 50.1 Å². The number of urea groups is 1. The smallest absolute Gasteiger partial charge is 0.321 e. The maximum absolute atomic E-state index is 13.3. The van der Waals surface area contributed by atoms with E-state index in [2.05, 4.69) is 20.4 Å². The SMILES string of the molecule is COc1ccc(-c2nc(CN3CCN(C(=O)Nc4cccc(F)c4)CC3)no2)cc1. The van der Waals surface area contributed by atoms with Gasteiger partial charge in [0.2, 0.25) is 0 Å². The van der Waals surface area contributed by atoms with E-state index in [4.69, 9.17) is 9.26 Å². The van der Waals surface area contributed by atoms with Gasteiger partial charge in [0.05, 0.1) is 13.7 Å². The van der Waals surface area contributed by atoms with E-state index >= 15 is 0 Å². The first-order chi connectivity index (χ1) is 14.6. The van der Waals surface area contributed by atoms with E-state index in [1.165, 1.54) is 12.1 Å². The zero-order chi connectivity index (χ0) is 20.9. The molecule has 1 fully saturated rings. The van der Waals surface area contributed by atoms with Gasteiger partial charge in [-0.2, -0.15) is 4.98 Å². The number of halogens is 1. The third-order valence-electron chi connectivity index (χ3n) is 4.91. The van der Waals surface area contributed by atoms with Crippen LogP contribution in [0, 0.1) is 5.82 Å². The van der Waals surface area contributed by atoms with Crippen molar-refractivity contribution in [3.63, 3.8) is 0 Å². The minimum Gasteiger partial charge on any atom is -0.497 e. The van der Waals surface area contributed by atoms with Crippen LogP contribution < -0.4 is 10.1 Å². The predicted octanol–water partition coefficient (Wildman–Crippen LogP) is 3.23. The number of hydrogen-bond donors (Lipinski definition) is 1. The van der Waals surface area contributed by atoms with Crippen LogP contribution in [0.4, 0.5) is 14.9 Å². The van der Waals surface area contributed by atoms with Crippen molar-refractivity contribution in [1.82, 2.24) is 19.9 Å². The number of benzene rings is 2. The number of methoxy groups -OCH3 is 1. The number of ether oxygens (including phenoxy) is 1. The number of hydrogen-bond acceptors (Lipinski definition) is 6. The first-order valence-corrected chi connectivity index (χ1v) is 9.61. The summed E-state index contributed by atoms with van der Waals surface area (Å²) in [6.07, 6.45) is 0. The number of aromatic nitrogens is 2. The quantitative estimate of drug-likeness (QED) is 0.694. The van der Waals surface area contributed by atoms with Crippen molar-refractivity contribution in [1.29, 1.82) is 0 Å². The molecule has 1 aliphatic heterocycles. The van der Waals surface area contributed by atoms with Gasteiger partial charge >= 0.3 is 6.03 Å². The van der Waals surface area contributed by atoms with Gasteiger partial charge in [-0.25, -0.2) is 9.18 Å². The Hall–Kier alpha value is -3.46. The monoisotopic (exact) mass is 411 g/mol. The largest absolute Gasteiger partial charge is 0.497 e. The third kappa shape index (κ3) is 4.74. The average molecular weight is 411 g/mol. The van der Waals surface area contributed by atoms with Gasteiger partial charge in [0.15, 0.2) is 5.82 Å². The summed E-state index contributed by atoms with van der Waals surface area (Å²) in [5.74, 6) is 1.43. The summed E-state index contributed by atoms with van der Waals surface area (Å²) in [5.41, 5.74) is 1.27. The Morgan fingerprint density at radius 1 is 1.17 bits per heavy atom. The first kappa shape index (κ1) is 19.8. The van der Waals surface area contributed by atoms with Gasteiger partial charge in [-0.05, 0) is 42.5 Å². The van der Waals surface area contributed by atoms with Crippen molar-refractivity contribution in [2.45, 2.75) is 6.54 Å². The molecule has 2 amide bonds. The lowest BCUT2D eigenvalue weighted by Gasteiger charge is -2.34. The highest BCUT2D eigenvalue weighted by atomic mass is 19.1. The zero-order valence-electron chi connectivity index (χ0n) is 16.5. The van der Waals surface area contributed by atoms with Gasteiger partial charge in [-0.1, -0.05) is 11.2 Å². The van der Waals surface area contributed by atoms with Gasteiger partial charge in [0.1, 0.15) is 11.6 Å². The molecule has 3 aromatic rings. The molecule has 0 spiro atoms. The molecule has 30 heavy (non-hydrogen) atoms. The molecular weight excluding hydrogens is 389 g/mol. The molecule has 0 saturated carbocycles. The lowest BCUT2D eigenvalue weighted by molar-refractivity contribution is 0.140. The number of carbonyl (C=O) groups excluding carboxylic acids is 1. The standard InChI is InChI=1S/C21H22FN5O3/c1-29-18-7-5-15(6-8-18)20-24-19(25-30-20)14-26-9-11-27(12-10-26)21(28)23-17-4-2-3-16(22)13-17/h2-8,13H,9-12,14H2,1H3,(H,23,28). The molecule has 0 aliphatic carbocycles. The Kier molecular flexibility index (Phi) is 5.89. The molecule has 0 radical (unpaired) electrons. The fraction of sp³-hybridized carbons (Fsp3) is 0.286. The lowest BCUT2D eigenvalue weighted by atomic mass is 10.2. The molecule has 8 nitrogen and oxygen atoms in total. The molecule has 9 heteroatoms. The Labute approximate surface area is 173 Å². The fourth-order valence-electron chi connectivity index (χ4n) is 3.25. The summed E-state index contributed by atoms with van der Waals surface area (Å²) in [6.45, 7) is 3.03. The summed E-state index contributed by atoms with van der Waals surface area (Å²) in [4.78, 5) is 20.7. The molecule has 156 valence electrons. The number of rotatable bonds is 5. The number of amides is 2. The molecule has 2 aromatic carbocycles. The van der Waals surface area contributed by atoms with Crippen LogP contribution in [0.25, 0.3) is 11.5 Å². The van der Waals surface area contributed by atoms with Crippen LogP contribution in [-0.4, -0.2) is 59.3 Å². The van der Waals surface area contributed by atoms with Crippen LogP contribution >= 0.6 is 0 Å². The van der Waals surface area contributed by atoms with Crippen molar-refractivity contribution >= 4 is 11.7 Å². The molecule has 1 aromatic heterocycles. The van der Waals surface area contributed by atoms with E-state index in [0.717, 1.165) is 11.3 Å². The molecule has 4 rings (SSSR count). The van der Waals surface area contributed by atoms with Crippen LogP contribution in [0.5, 0.6) is 5.75 Å². The highest BCUT2D eigenvalue weighted by molar-refractivity contribution is 5.89. The summed E-state index contributed by atoms with van der Waals surface area (Å²) in [5, 5.41) is 6.79. The van der Waals surface area contributed by atoms with Crippen LogP contribution in [0.15, 0.2) is 53.1 Å².